The number of aryl methyl sites for hydroxylation is 2. The van der Waals surface area contributed by atoms with Crippen LogP contribution in [0.2, 0.25) is 0 Å². The smallest absolute Gasteiger partial charge is 0.305 e. The van der Waals surface area contributed by atoms with Crippen LogP contribution in [-0.2, 0) is 23.1 Å². The number of hydrogen-bond donors (Lipinski definition) is 2. The largest absolute Gasteiger partial charge is 0.481 e. The number of aliphatic carboxylic acids is 1. The summed E-state index contributed by atoms with van der Waals surface area (Å²) >= 11 is 0. The Morgan fingerprint density at radius 3 is 2.43 bits per heavy atom. The molecule has 6 nitrogen and oxygen atoms in total. The monoisotopic (exact) mass is 315 g/mol. The summed E-state index contributed by atoms with van der Waals surface area (Å²) in [5, 5.41) is 16.2. The van der Waals surface area contributed by atoms with Crippen molar-refractivity contribution >= 4 is 11.9 Å². The van der Waals surface area contributed by atoms with Crippen molar-refractivity contribution in [3.05, 3.63) is 52.8 Å². The molecule has 2 N–H and O–H groups in total. The molecule has 1 aromatic carbocycles. The maximum atomic E-state index is 12.4. The van der Waals surface area contributed by atoms with Crippen molar-refractivity contribution in [2.24, 2.45) is 7.05 Å². The van der Waals surface area contributed by atoms with E-state index in [0.29, 0.717) is 0 Å². The molecule has 0 aliphatic carbocycles. The number of benzene rings is 1. The molecule has 6 heteroatoms. The molecular formula is C17H21N3O3. The number of hydrogen-bond acceptors (Lipinski definition) is 3. The number of rotatable bonds is 6. The van der Waals surface area contributed by atoms with Crippen LogP contribution in [0.1, 0.15) is 35.0 Å². The zero-order valence-corrected chi connectivity index (χ0v) is 13.5. The summed E-state index contributed by atoms with van der Waals surface area (Å²) in [6.45, 7) is 3.77. The van der Waals surface area contributed by atoms with Gasteiger partial charge in [0.15, 0.2) is 0 Å². The van der Waals surface area contributed by atoms with Crippen molar-refractivity contribution in [3.8, 4) is 0 Å². The Hall–Kier alpha value is -2.63. The average Bonchev–Trinajstić information content (AvgIpc) is 2.73. The lowest BCUT2D eigenvalue weighted by Gasteiger charge is -2.17. The minimum absolute atomic E-state index is 0.152. The molecule has 1 unspecified atom stereocenters. The molecule has 2 aromatic rings. The van der Waals surface area contributed by atoms with Gasteiger partial charge in [-0.2, -0.15) is 5.10 Å². The number of carbonyl (C=O) groups excluding carboxylic acids is 1. The molecule has 1 amide bonds. The van der Waals surface area contributed by atoms with Gasteiger partial charge in [-0.1, -0.05) is 30.3 Å². The van der Waals surface area contributed by atoms with E-state index in [1.165, 1.54) is 0 Å². The first kappa shape index (κ1) is 16.7. The fourth-order valence-corrected chi connectivity index (χ4v) is 2.59. The number of carbonyl (C=O) groups is 2. The first-order chi connectivity index (χ1) is 10.9. The van der Waals surface area contributed by atoms with Gasteiger partial charge in [-0.25, -0.2) is 0 Å². The predicted octanol–water partition coefficient (Wildman–Crippen LogP) is 1.91. The number of carboxylic acids is 1. The fraction of sp³-hybridized carbons (Fsp3) is 0.353. The number of nitrogens with one attached hydrogen (secondary N) is 1. The first-order valence-electron chi connectivity index (χ1n) is 7.43. The van der Waals surface area contributed by atoms with Crippen LogP contribution in [0.15, 0.2) is 30.3 Å². The highest BCUT2D eigenvalue weighted by Gasteiger charge is 2.20. The van der Waals surface area contributed by atoms with Crippen LogP contribution in [0, 0.1) is 13.8 Å². The van der Waals surface area contributed by atoms with Gasteiger partial charge in [0.2, 0.25) is 5.91 Å². The van der Waals surface area contributed by atoms with Crippen molar-refractivity contribution in [2.75, 3.05) is 0 Å². The van der Waals surface area contributed by atoms with Gasteiger partial charge in [-0.3, -0.25) is 14.3 Å². The molecule has 0 bridgehead atoms. The summed E-state index contributed by atoms with van der Waals surface area (Å²) < 4.78 is 1.74. The van der Waals surface area contributed by atoms with Crippen molar-refractivity contribution in [1.29, 1.82) is 0 Å². The maximum absolute atomic E-state index is 12.4. The van der Waals surface area contributed by atoms with Gasteiger partial charge < -0.3 is 10.4 Å². The Morgan fingerprint density at radius 2 is 1.91 bits per heavy atom. The highest BCUT2D eigenvalue weighted by molar-refractivity contribution is 5.80. The molecule has 2 rings (SSSR count). The Bertz CT molecular complexity index is 707. The van der Waals surface area contributed by atoms with E-state index in [-0.39, 0.29) is 18.7 Å². The van der Waals surface area contributed by atoms with Gasteiger partial charge in [0, 0.05) is 18.3 Å². The highest BCUT2D eigenvalue weighted by Crippen LogP contribution is 2.18. The van der Waals surface area contributed by atoms with E-state index in [0.717, 1.165) is 22.5 Å². The minimum Gasteiger partial charge on any atom is -0.481 e. The summed E-state index contributed by atoms with van der Waals surface area (Å²) in [7, 11) is 1.83. The molecule has 0 aliphatic rings. The van der Waals surface area contributed by atoms with Gasteiger partial charge >= 0.3 is 5.97 Å². The predicted molar refractivity (Wildman–Crippen MR) is 86.0 cm³/mol. The lowest BCUT2D eigenvalue weighted by molar-refractivity contribution is -0.137. The van der Waals surface area contributed by atoms with Crippen LogP contribution in [0.3, 0.4) is 0 Å². The van der Waals surface area contributed by atoms with Gasteiger partial charge in [-0.05, 0) is 19.4 Å². The van der Waals surface area contributed by atoms with Crippen molar-refractivity contribution in [3.63, 3.8) is 0 Å². The second kappa shape index (κ2) is 7.09. The lowest BCUT2D eigenvalue weighted by Crippen LogP contribution is -2.31. The zero-order valence-electron chi connectivity index (χ0n) is 13.5. The quantitative estimate of drug-likeness (QED) is 0.853. The van der Waals surface area contributed by atoms with Crippen LogP contribution in [0.25, 0.3) is 0 Å². The van der Waals surface area contributed by atoms with Gasteiger partial charge in [0.1, 0.15) is 0 Å². The summed E-state index contributed by atoms with van der Waals surface area (Å²) in [4.78, 5) is 23.4. The SMILES string of the molecule is Cc1nn(C)c(C)c1CC(=O)NC(CC(=O)O)c1ccccc1. The van der Waals surface area contributed by atoms with E-state index >= 15 is 0 Å². The first-order valence-corrected chi connectivity index (χ1v) is 7.43. The molecule has 0 aliphatic heterocycles. The maximum Gasteiger partial charge on any atom is 0.305 e. The number of carboxylic acid groups (broad SMARTS) is 1. The molecule has 0 radical (unpaired) electrons. The minimum atomic E-state index is -0.951. The van der Waals surface area contributed by atoms with Crippen LogP contribution in [0.5, 0.6) is 0 Å². The summed E-state index contributed by atoms with van der Waals surface area (Å²) in [6.07, 6.45) is 0.0369. The number of amides is 1. The summed E-state index contributed by atoms with van der Waals surface area (Å²) in [5.41, 5.74) is 3.41. The van der Waals surface area contributed by atoms with E-state index in [2.05, 4.69) is 10.4 Å². The lowest BCUT2D eigenvalue weighted by atomic mass is 10.0. The van der Waals surface area contributed by atoms with Gasteiger partial charge in [-0.15, -0.1) is 0 Å². The summed E-state index contributed by atoms with van der Waals surface area (Å²) in [6, 6.07) is 8.59. The standard InChI is InChI=1S/C17H21N3O3/c1-11-14(12(2)20(3)19-11)9-16(21)18-15(10-17(22)23)13-7-5-4-6-8-13/h4-8,15H,9-10H2,1-3H3,(H,18,21)(H,22,23). The molecule has 1 aromatic heterocycles. The Morgan fingerprint density at radius 1 is 1.26 bits per heavy atom. The Labute approximate surface area is 135 Å². The van der Waals surface area contributed by atoms with E-state index < -0.39 is 12.0 Å². The molecule has 1 heterocycles. The fourth-order valence-electron chi connectivity index (χ4n) is 2.59. The van der Waals surface area contributed by atoms with Crippen LogP contribution >= 0.6 is 0 Å². The van der Waals surface area contributed by atoms with Crippen molar-refractivity contribution in [1.82, 2.24) is 15.1 Å². The number of nitrogens with zero attached hydrogens (tertiary/aromatic N) is 2. The van der Waals surface area contributed by atoms with E-state index in [1.807, 2.05) is 51.2 Å². The van der Waals surface area contributed by atoms with Crippen LogP contribution in [-0.4, -0.2) is 26.8 Å². The molecule has 0 spiro atoms. The average molecular weight is 315 g/mol. The molecule has 122 valence electrons. The molecule has 23 heavy (non-hydrogen) atoms. The molecule has 0 saturated heterocycles. The van der Waals surface area contributed by atoms with Crippen molar-refractivity contribution in [2.45, 2.75) is 32.7 Å². The van der Waals surface area contributed by atoms with E-state index in [9.17, 15) is 9.59 Å². The second-order valence-electron chi connectivity index (χ2n) is 5.58. The zero-order chi connectivity index (χ0) is 17.0. The van der Waals surface area contributed by atoms with Gasteiger partial charge in [0.05, 0.1) is 24.6 Å². The second-order valence-corrected chi connectivity index (χ2v) is 5.58. The van der Waals surface area contributed by atoms with Gasteiger partial charge in [0.25, 0.3) is 0 Å². The van der Waals surface area contributed by atoms with E-state index in [1.54, 1.807) is 4.68 Å². The molecule has 1 atom stereocenters. The van der Waals surface area contributed by atoms with Crippen LogP contribution in [0.4, 0.5) is 0 Å². The topological polar surface area (TPSA) is 84.2 Å². The third-order valence-electron chi connectivity index (χ3n) is 3.91. The Balaban J connectivity index is 2.13. The van der Waals surface area contributed by atoms with Crippen LogP contribution < -0.4 is 5.32 Å². The van der Waals surface area contributed by atoms with E-state index in [4.69, 9.17) is 5.11 Å². The third-order valence-corrected chi connectivity index (χ3v) is 3.91. The number of aromatic nitrogens is 2. The Kier molecular flexibility index (Phi) is 5.16. The molecule has 0 fully saturated rings. The molecule has 0 saturated carbocycles. The molecular weight excluding hydrogens is 294 g/mol. The highest BCUT2D eigenvalue weighted by atomic mass is 16.4. The normalized spacial score (nSPS) is 12.0. The summed E-state index contributed by atoms with van der Waals surface area (Å²) in [5.74, 6) is -1.16. The van der Waals surface area contributed by atoms with Crippen molar-refractivity contribution < 1.29 is 14.7 Å². The third kappa shape index (κ3) is 4.18.